The highest BCUT2D eigenvalue weighted by molar-refractivity contribution is 5.93. The third kappa shape index (κ3) is 4.78. The van der Waals surface area contributed by atoms with Crippen LogP contribution < -0.4 is 15.5 Å². The van der Waals surface area contributed by atoms with Crippen molar-refractivity contribution in [3.8, 4) is 0 Å². The first-order valence-electron chi connectivity index (χ1n) is 10.8. The number of hydrogen-bond donors (Lipinski definition) is 2. The molecule has 1 aliphatic carbocycles. The van der Waals surface area contributed by atoms with Gasteiger partial charge in [-0.2, -0.15) is 0 Å². The SMILES string of the molecule is CC1CCN(c2ccc(NC(=O)C3CCN(C(=O)NC4CC4)CC3)cc2)CC1. The third-order valence-electron chi connectivity index (χ3n) is 6.34. The lowest BCUT2D eigenvalue weighted by Crippen LogP contribution is -2.46. The number of piperidine rings is 2. The fourth-order valence-electron chi connectivity index (χ4n) is 4.11. The lowest BCUT2D eigenvalue weighted by atomic mass is 9.96. The summed E-state index contributed by atoms with van der Waals surface area (Å²) in [5, 5.41) is 6.08. The van der Waals surface area contributed by atoms with Crippen LogP contribution in [0.4, 0.5) is 16.2 Å². The number of nitrogens with zero attached hydrogens (tertiary/aromatic N) is 2. The average molecular weight is 385 g/mol. The molecular formula is C22H32N4O2. The van der Waals surface area contributed by atoms with Crippen molar-refractivity contribution in [3.05, 3.63) is 24.3 Å². The Labute approximate surface area is 167 Å². The Morgan fingerprint density at radius 1 is 0.893 bits per heavy atom. The molecule has 0 spiro atoms. The zero-order valence-electron chi connectivity index (χ0n) is 16.8. The zero-order chi connectivity index (χ0) is 19.5. The molecular weight excluding hydrogens is 352 g/mol. The molecule has 28 heavy (non-hydrogen) atoms. The standard InChI is InChI=1S/C22H32N4O2/c1-16-8-12-25(13-9-16)20-6-4-18(5-7-20)23-21(27)17-10-14-26(15-11-17)22(28)24-19-2-3-19/h4-7,16-17,19H,2-3,8-15H2,1H3,(H,23,27)(H,24,28). The van der Waals surface area contributed by atoms with Gasteiger partial charge >= 0.3 is 6.03 Å². The van der Waals surface area contributed by atoms with Crippen LogP contribution in [0.3, 0.4) is 0 Å². The molecule has 0 aromatic heterocycles. The molecule has 1 aromatic carbocycles. The van der Waals surface area contributed by atoms with Crippen molar-refractivity contribution < 1.29 is 9.59 Å². The number of anilines is 2. The normalized spacial score (nSPS) is 21.5. The smallest absolute Gasteiger partial charge is 0.317 e. The van der Waals surface area contributed by atoms with Crippen LogP contribution in [-0.2, 0) is 4.79 Å². The van der Waals surface area contributed by atoms with Crippen molar-refractivity contribution in [1.29, 1.82) is 0 Å². The summed E-state index contributed by atoms with van der Waals surface area (Å²) in [6.07, 6.45) is 6.15. The number of rotatable bonds is 4. The summed E-state index contributed by atoms with van der Waals surface area (Å²) in [6.45, 7) is 5.85. The fraction of sp³-hybridized carbons (Fsp3) is 0.636. The molecule has 3 amide bonds. The van der Waals surface area contributed by atoms with Gasteiger partial charge in [0.1, 0.15) is 0 Å². The molecule has 2 heterocycles. The summed E-state index contributed by atoms with van der Waals surface area (Å²) in [4.78, 5) is 29.0. The van der Waals surface area contributed by atoms with Gasteiger partial charge in [-0.05, 0) is 68.7 Å². The average Bonchev–Trinajstić information content (AvgIpc) is 3.53. The van der Waals surface area contributed by atoms with Crippen molar-refractivity contribution in [2.75, 3.05) is 36.4 Å². The second kappa shape index (κ2) is 8.41. The van der Waals surface area contributed by atoms with Gasteiger partial charge in [0.15, 0.2) is 0 Å². The molecule has 3 aliphatic rings. The monoisotopic (exact) mass is 384 g/mol. The molecule has 1 aromatic rings. The highest BCUT2D eigenvalue weighted by Gasteiger charge is 2.30. The van der Waals surface area contributed by atoms with Gasteiger partial charge in [0, 0.05) is 49.5 Å². The highest BCUT2D eigenvalue weighted by atomic mass is 16.2. The number of carbonyl (C=O) groups is 2. The van der Waals surface area contributed by atoms with E-state index in [1.807, 2.05) is 17.0 Å². The summed E-state index contributed by atoms with van der Waals surface area (Å²) in [6, 6.07) is 8.63. The van der Waals surface area contributed by atoms with Gasteiger partial charge in [0.25, 0.3) is 0 Å². The first-order valence-corrected chi connectivity index (χ1v) is 10.8. The van der Waals surface area contributed by atoms with Crippen LogP contribution in [0, 0.1) is 11.8 Å². The molecule has 6 heteroatoms. The first kappa shape index (κ1) is 19.1. The zero-order valence-corrected chi connectivity index (χ0v) is 16.8. The van der Waals surface area contributed by atoms with E-state index in [0.717, 1.165) is 50.4 Å². The van der Waals surface area contributed by atoms with E-state index in [2.05, 4.69) is 34.6 Å². The Morgan fingerprint density at radius 2 is 1.54 bits per heavy atom. The Bertz CT molecular complexity index is 685. The van der Waals surface area contributed by atoms with Crippen LogP contribution in [0.2, 0.25) is 0 Å². The van der Waals surface area contributed by atoms with Gasteiger partial charge in [0.2, 0.25) is 5.91 Å². The predicted octanol–water partition coefficient (Wildman–Crippen LogP) is 3.45. The van der Waals surface area contributed by atoms with E-state index in [1.165, 1.54) is 18.5 Å². The molecule has 2 saturated heterocycles. The molecule has 0 bridgehead atoms. The van der Waals surface area contributed by atoms with E-state index in [1.54, 1.807) is 0 Å². The lowest BCUT2D eigenvalue weighted by molar-refractivity contribution is -0.121. The van der Waals surface area contributed by atoms with Crippen molar-refractivity contribution in [3.63, 3.8) is 0 Å². The van der Waals surface area contributed by atoms with E-state index < -0.39 is 0 Å². The first-order chi connectivity index (χ1) is 13.6. The molecule has 152 valence electrons. The molecule has 4 rings (SSSR count). The molecule has 1 saturated carbocycles. The van der Waals surface area contributed by atoms with E-state index in [0.29, 0.717) is 19.1 Å². The second-order valence-corrected chi connectivity index (χ2v) is 8.69. The molecule has 0 unspecified atom stereocenters. The predicted molar refractivity (Wildman–Crippen MR) is 112 cm³/mol. The van der Waals surface area contributed by atoms with Crippen molar-refractivity contribution in [2.45, 2.75) is 51.5 Å². The van der Waals surface area contributed by atoms with E-state index in [-0.39, 0.29) is 17.9 Å². The van der Waals surface area contributed by atoms with Gasteiger partial charge in [0.05, 0.1) is 0 Å². The van der Waals surface area contributed by atoms with Crippen LogP contribution in [-0.4, -0.2) is 49.1 Å². The maximum atomic E-state index is 12.6. The number of carbonyl (C=O) groups excluding carboxylic acids is 2. The van der Waals surface area contributed by atoms with Crippen LogP contribution in [0.25, 0.3) is 0 Å². The molecule has 6 nitrogen and oxygen atoms in total. The van der Waals surface area contributed by atoms with Crippen LogP contribution in [0.5, 0.6) is 0 Å². The summed E-state index contributed by atoms with van der Waals surface area (Å²) in [5.74, 6) is 0.871. The van der Waals surface area contributed by atoms with Crippen LogP contribution >= 0.6 is 0 Å². The topological polar surface area (TPSA) is 64.7 Å². The van der Waals surface area contributed by atoms with Gasteiger partial charge in [-0.15, -0.1) is 0 Å². The van der Waals surface area contributed by atoms with Gasteiger partial charge in [-0.25, -0.2) is 4.79 Å². The number of amides is 3. The Balaban J connectivity index is 1.24. The Morgan fingerprint density at radius 3 is 2.14 bits per heavy atom. The number of likely N-dealkylation sites (tertiary alicyclic amines) is 1. The van der Waals surface area contributed by atoms with Gasteiger partial charge in [-0.1, -0.05) is 6.92 Å². The minimum absolute atomic E-state index is 0.0202. The van der Waals surface area contributed by atoms with E-state index >= 15 is 0 Å². The lowest BCUT2D eigenvalue weighted by Gasteiger charge is -2.32. The number of urea groups is 1. The molecule has 2 aliphatic heterocycles. The van der Waals surface area contributed by atoms with E-state index in [4.69, 9.17) is 0 Å². The van der Waals surface area contributed by atoms with Gasteiger partial charge < -0.3 is 20.4 Å². The molecule has 0 radical (unpaired) electrons. The van der Waals surface area contributed by atoms with Gasteiger partial charge in [-0.3, -0.25) is 4.79 Å². The Kier molecular flexibility index (Phi) is 5.74. The summed E-state index contributed by atoms with van der Waals surface area (Å²) in [7, 11) is 0. The highest BCUT2D eigenvalue weighted by Crippen LogP contribution is 2.25. The molecule has 0 atom stereocenters. The van der Waals surface area contributed by atoms with Crippen LogP contribution in [0.1, 0.15) is 45.4 Å². The van der Waals surface area contributed by atoms with E-state index in [9.17, 15) is 9.59 Å². The molecule has 2 N–H and O–H groups in total. The van der Waals surface area contributed by atoms with Crippen molar-refractivity contribution in [2.24, 2.45) is 11.8 Å². The molecule has 3 fully saturated rings. The van der Waals surface area contributed by atoms with Crippen molar-refractivity contribution >= 4 is 23.3 Å². The number of hydrogen-bond acceptors (Lipinski definition) is 3. The van der Waals surface area contributed by atoms with Crippen molar-refractivity contribution in [1.82, 2.24) is 10.2 Å². The minimum Gasteiger partial charge on any atom is -0.372 e. The third-order valence-corrected chi connectivity index (χ3v) is 6.34. The number of benzene rings is 1. The number of nitrogens with one attached hydrogen (secondary N) is 2. The van der Waals surface area contributed by atoms with Crippen LogP contribution in [0.15, 0.2) is 24.3 Å². The largest absolute Gasteiger partial charge is 0.372 e. The second-order valence-electron chi connectivity index (χ2n) is 8.69. The fourth-order valence-corrected chi connectivity index (χ4v) is 4.11. The summed E-state index contributed by atoms with van der Waals surface area (Å²) < 4.78 is 0. The Hall–Kier alpha value is -2.24. The minimum atomic E-state index is -0.0202. The summed E-state index contributed by atoms with van der Waals surface area (Å²) in [5.41, 5.74) is 2.09. The maximum Gasteiger partial charge on any atom is 0.317 e. The maximum absolute atomic E-state index is 12.6. The quantitative estimate of drug-likeness (QED) is 0.836. The summed E-state index contributed by atoms with van der Waals surface area (Å²) >= 11 is 0.